The molecule has 3 aromatic rings. The number of hydrogen-bond acceptors (Lipinski definition) is 3. The summed E-state index contributed by atoms with van der Waals surface area (Å²) >= 11 is 5.74. The van der Waals surface area contributed by atoms with E-state index in [0.29, 0.717) is 18.9 Å². The highest BCUT2D eigenvalue weighted by Gasteiger charge is 2.08. The van der Waals surface area contributed by atoms with Gasteiger partial charge in [0.2, 0.25) is 0 Å². The lowest BCUT2D eigenvalue weighted by molar-refractivity contribution is 0.306. The third kappa shape index (κ3) is 2.78. The van der Waals surface area contributed by atoms with Crippen LogP contribution in [-0.2, 0) is 13.0 Å². The summed E-state index contributed by atoms with van der Waals surface area (Å²) in [5.74, 6) is 1.31. The van der Waals surface area contributed by atoms with Gasteiger partial charge in [-0.2, -0.15) is 0 Å². The Balaban J connectivity index is 1.76. The summed E-state index contributed by atoms with van der Waals surface area (Å²) in [6.45, 7) is 0.537. The van der Waals surface area contributed by atoms with Gasteiger partial charge in [-0.05, 0) is 17.7 Å². The lowest BCUT2D eigenvalue weighted by Gasteiger charge is -2.05. The summed E-state index contributed by atoms with van der Waals surface area (Å²) < 4.78 is 11.1. The topological polar surface area (TPSA) is 35.3 Å². The van der Waals surface area contributed by atoms with Crippen molar-refractivity contribution in [1.82, 2.24) is 5.16 Å². The van der Waals surface area contributed by atoms with Gasteiger partial charge in [-0.15, -0.1) is 11.6 Å². The zero-order valence-electron chi connectivity index (χ0n) is 10.9. The minimum Gasteiger partial charge on any atom is -0.489 e. The molecule has 0 saturated carbocycles. The van der Waals surface area contributed by atoms with Gasteiger partial charge in [-0.1, -0.05) is 35.5 Å². The van der Waals surface area contributed by atoms with Gasteiger partial charge in [0.15, 0.2) is 5.58 Å². The molecule has 0 radical (unpaired) electrons. The monoisotopic (exact) mass is 287 g/mol. The van der Waals surface area contributed by atoms with E-state index in [9.17, 15) is 0 Å². The highest BCUT2D eigenvalue weighted by Crippen LogP contribution is 2.24. The number of hydrogen-bond donors (Lipinski definition) is 0. The first-order chi connectivity index (χ1) is 9.86. The molecule has 3 rings (SSSR count). The van der Waals surface area contributed by atoms with E-state index in [4.69, 9.17) is 20.9 Å². The van der Waals surface area contributed by atoms with Gasteiger partial charge in [0.05, 0.1) is 5.69 Å². The molecule has 0 unspecified atom stereocenters. The first kappa shape index (κ1) is 13.0. The Kier molecular flexibility index (Phi) is 3.88. The van der Waals surface area contributed by atoms with Crippen molar-refractivity contribution < 1.29 is 9.26 Å². The number of fused-ring (bicyclic) bond motifs is 1. The van der Waals surface area contributed by atoms with Gasteiger partial charge >= 0.3 is 0 Å². The molecule has 20 heavy (non-hydrogen) atoms. The molecule has 0 spiro atoms. The molecule has 2 aromatic carbocycles. The lowest BCUT2D eigenvalue weighted by atomic mass is 10.2. The minimum atomic E-state index is 0.536. The largest absolute Gasteiger partial charge is 0.489 e. The first-order valence-electron chi connectivity index (χ1n) is 6.48. The molecular weight excluding hydrogens is 274 g/mol. The Hall–Kier alpha value is -2.00. The summed E-state index contributed by atoms with van der Waals surface area (Å²) in [4.78, 5) is 0. The van der Waals surface area contributed by atoms with Gasteiger partial charge in [-0.3, -0.25) is 0 Å². The van der Waals surface area contributed by atoms with Crippen LogP contribution in [0.3, 0.4) is 0 Å². The predicted octanol–water partition coefficient (Wildman–Crippen LogP) is 4.19. The summed E-state index contributed by atoms with van der Waals surface area (Å²) in [6, 6.07) is 15.8. The summed E-state index contributed by atoms with van der Waals surface area (Å²) in [6.07, 6.45) is 0.707. The number of halogens is 1. The van der Waals surface area contributed by atoms with Gasteiger partial charge in [0.25, 0.3) is 0 Å². The van der Waals surface area contributed by atoms with Crippen LogP contribution in [-0.4, -0.2) is 11.0 Å². The van der Waals surface area contributed by atoms with E-state index in [0.717, 1.165) is 28.0 Å². The maximum Gasteiger partial charge on any atom is 0.170 e. The number of aryl methyl sites for hydroxylation is 1. The number of nitrogens with zero attached hydrogens (tertiary/aromatic N) is 1. The summed E-state index contributed by atoms with van der Waals surface area (Å²) in [5, 5.41) is 5.03. The molecule has 0 aliphatic rings. The Morgan fingerprint density at radius 1 is 1.10 bits per heavy atom. The van der Waals surface area contributed by atoms with Crippen molar-refractivity contribution in [3.8, 4) is 5.75 Å². The summed E-state index contributed by atoms with van der Waals surface area (Å²) in [5.41, 5.74) is 2.76. The average Bonchev–Trinajstić information content (AvgIpc) is 2.89. The van der Waals surface area contributed by atoms with Crippen molar-refractivity contribution in [2.24, 2.45) is 0 Å². The Labute approximate surface area is 122 Å². The normalized spacial score (nSPS) is 10.8. The average molecular weight is 288 g/mol. The third-order valence-electron chi connectivity index (χ3n) is 3.10. The Morgan fingerprint density at radius 2 is 1.95 bits per heavy atom. The van der Waals surface area contributed by atoms with Crippen LogP contribution in [0, 0.1) is 0 Å². The van der Waals surface area contributed by atoms with Crippen LogP contribution in [0.2, 0.25) is 0 Å². The van der Waals surface area contributed by atoms with E-state index >= 15 is 0 Å². The molecule has 102 valence electrons. The van der Waals surface area contributed by atoms with Crippen molar-refractivity contribution in [2.45, 2.75) is 13.0 Å². The second-order valence-electron chi connectivity index (χ2n) is 4.50. The van der Waals surface area contributed by atoms with Crippen LogP contribution < -0.4 is 4.74 Å². The van der Waals surface area contributed by atoms with Crippen LogP contribution in [0.4, 0.5) is 0 Å². The lowest BCUT2D eigenvalue weighted by Crippen LogP contribution is -1.94. The van der Waals surface area contributed by atoms with Gasteiger partial charge < -0.3 is 9.26 Å². The fourth-order valence-corrected chi connectivity index (χ4v) is 2.25. The molecule has 0 aliphatic heterocycles. The van der Waals surface area contributed by atoms with E-state index in [2.05, 4.69) is 5.16 Å². The minimum absolute atomic E-state index is 0.536. The van der Waals surface area contributed by atoms with Crippen LogP contribution in [0.25, 0.3) is 11.0 Å². The predicted molar refractivity (Wildman–Crippen MR) is 79.2 cm³/mol. The standard InChI is InChI=1S/C16H14ClNO2/c17-9-8-15-14-7-6-13(10-16(14)20-18-15)19-11-12-4-2-1-3-5-12/h1-7,10H,8-9,11H2. The zero-order chi connectivity index (χ0) is 13.8. The van der Waals surface area contributed by atoms with Gasteiger partial charge in [0.1, 0.15) is 12.4 Å². The molecule has 0 saturated heterocycles. The molecule has 0 bridgehead atoms. The second kappa shape index (κ2) is 5.97. The third-order valence-corrected chi connectivity index (χ3v) is 3.29. The van der Waals surface area contributed by atoms with Crippen molar-refractivity contribution in [3.63, 3.8) is 0 Å². The molecule has 0 fully saturated rings. The molecule has 1 heterocycles. The van der Waals surface area contributed by atoms with Crippen molar-refractivity contribution in [3.05, 3.63) is 59.8 Å². The molecule has 0 aliphatic carbocycles. The molecule has 0 amide bonds. The number of benzene rings is 2. The fraction of sp³-hybridized carbons (Fsp3) is 0.188. The van der Waals surface area contributed by atoms with Gasteiger partial charge in [0, 0.05) is 23.8 Å². The molecule has 3 nitrogen and oxygen atoms in total. The number of aromatic nitrogens is 1. The molecular formula is C16H14ClNO2. The second-order valence-corrected chi connectivity index (χ2v) is 4.88. The van der Waals surface area contributed by atoms with Gasteiger partial charge in [-0.25, -0.2) is 0 Å². The Bertz CT molecular complexity index is 694. The van der Waals surface area contributed by atoms with Crippen molar-refractivity contribution in [1.29, 1.82) is 0 Å². The molecule has 1 aromatic heterocycles. The van der Waals surface area contributed by atoms with E-state index < -0.39 is 0 Å². The molecule has 4 heteroatoms. The van der Waals surface area contributed by atoms with Crippen LogP contribution >= 0.6 is 11.6 Å². The molecule has 0 N–H and O–H groups in total. The first-order valence-corrected chi connectivity index (χ1v) is 7.01. The van der Waals surface area contributed by atoms with Crippen molar-refractivity contribution >= 4 is 22.6 Å². The number of ether oxygens (including phenoxy) is 1. The maximum atomic E-state index is 5.76. The smallest absolute Gasteiger partial charge is 0.170 e. The SMILES string of the molecule is ClCCc1noc2cc(OCc3ccccc3)ccc12. The number of rotatable bonds is 5. The highest BCUT2D eigenvalue weighted by atomic mass is 35.5. The highest BCUT2D eigenvalue weighted by molar-refractivity contribution is 6.18. The quantitative estimate of drug-likeness (QED) is 0.660. The Morgan fingerprint density at radius 3 is 2.75 bits per heavy atom. The van der Waals surface area contributed by atoms with Crippen LogP contribution in [0.5, 0.6) is 5.75 Å². The van der Waals surface area contributed by atoms with E-state index in [1.807, 2.05) is 48.5 Å². The van der Waals surface area contributed by atoms with Crippen molar-refractivity contribution in [2.75, 3.05) is 5.88 Å². The van der Waals surface area contributed by atoms with Crippen LogP contribution in [0.15, 0.2) is 53.1 Å². The summed E-state index contributed by atoms with van der Waals surface area (Å²) in [7, 11) is 0. The fourth-order valence-electron chi connectivity index (χ4n) is 2.07. The zero-order valence-corrected chi connectivity index (χ0v) is 11.6. The molecule has 0 atom stereocenters. The van der Waals surface area contributed by atoms with E-state index in [-0.39, 0.29) is 0 Å². The maximum absolute atomic E-state index is 5.76. The van der Waals surface area contributed by atoms with Crippen LogP contribution in [0.1, 0.15) is 11.3 Å². The van der Waals surface area contributed by atoms with E-state index in [1.165, 1.54) is 0 Å². The van der Waals surface area contributed by atoms with E-state index in [1.54, 1.807) is 0 Å². The number of alkyl halides is 1.